The van der Waals surface area contributed by atoms with Gasteiger partial charge in [-0.25, -0.2) is 14.5 Å². The van der Waals surface area contributed by atoms with E-state index in [1.54, 1.807) is 11.0 Å². The fraction of sp³-hybridized carbons (Fsp3) is 0.308. The van der Waals surface area contributed by atoms with Gasteiger partial charge < -0.3 is 10.6 Å². The summed E-state index contributed by atoms with van der Waals surface area (Å²) in [5.74, 6) is 0. The van der Waals surface area contributed by atoms with Crippen LogP contribution in [0.1, 0.15) is 19.8 Å². The summed E-state index contributed by atoms with van der Waals surface area (Å²) in [6.07, 6.45) is 5.07. The average Bonchev–Trinajstić information content (AvgIpc) is 2.93. The van der Waals surface area contributed by atoms with Crippen LogP contribution < -0.4 is 10.6 Å². The van der Waals surface area contributed by atoms with E-state index in [2.05, 4.69) is 27.6 Å². The number of para-hydroxylation sites is 2. The van der Waals surface area contributed by atoms with Gasteiger partial charge >= 0.3 is 6.03 Å². The number of carbonyl (C=O) groups is 1. The third-order valence-corrected chi connectivity index (χ3v) is 2.63. The summed E-state index contributed by atoms with van der Waals surface area (Å²) < 4.78 is 1.61. The average molecular weight is 259 g/mol. The summed E-state index contributed by atoms with van der Waals surface area (Å²) >= 11 is 0. The van der Waals surface area contributed by atoms with Crippen LogP contribution in [-0.2, 0) is 0 Å². The number of nitrogens with one attached hydrogen (secondary N) is 2. The van der Waals surface area contributed by atoms with Crippen molar-refractivity contribution in [1.29, 1.82) is 0 Å². The lowest BCUT2D eigenvalue weighted by atomic mass is 10.2. The summed E-state index contributed by atoms with van der Waals surface area (Å²) in [5, 5.41) is 9.69. The number of amides is 2. The Kier molecular flexibility index (Phi) is 4.49. The van der Waals surface area contributed by atoms with Crippen LogP contribution in [0.5, 0.6) is 0 Å². The van der Waals surface area contributed by atoms with Crippen LogP contribution in [-0.4, -0.2) is 27.3 Å². The molecule has 0 aliphatic rings. The Bertz CT molecular complexity index is 524. The smallest absolute Gasteiger partial charge is 0.319 e. The molecule has 1 aromatic heterocycles. The fourth-order valence-corrected chi connectivity index (χ4v) is 1.66. The van der Waals surface area contributed by atoms with Crippen LogP contribution in [0.15, 0.2) is 36.9 Å². The first-order valence-electron chi connectivity index (χ1n) is 6.30. The summed E-state index contributed by atoms with van der Waals surface area (Å²) in [6.45, 7) is 2.76. The molecule has 2 rings (SSSR count). The molecular formula is C13H17N5O. The van der Waals surface area contributed by atoms with Crippen LogP contribution in [0.2, 0.25) is 0 Å². The molecule has 100 valence electrons. The van der Waals surface area contributed by atoms with Crippen molar-refractivity contribution in [2.75, 3.05) is 11.9 Å². The zero-order chi connectivity index (χ0) is 13.5. The van der Waals surface area contributed by atoms with Crippen molar-refractivity contribution in [2.24, 2.45) is 0 Å². The molecule has 0 unspecified atom stereocenters. The number of nitrogens with zero attached hydrogens (tertiary/aromatic N) is 3. The number of unbranched alkanes of at least 4 members (excludes halogenated alkanes) is 1. The van der Waals surface area contributed by atoms with Crippen molar-refractivity contribution < 1.29 is 4.79 Å². The number of carbonyl (C=O) groups excluding carboxylic acids is 1. The van der Waals surface area contributed by atoms with Gasteiger partial charge in [0.1, 0.15) is 12.7 Å². The van der Waals surface area contributed by atoms with Gasteiger partial charge in [-0.05, 0) is 18.6 Å². The Morgan fingerprint density at radius 3 is 2.95 bits per heavy atom. The largest absolute Gasteiger partial charge is 0.338 e. The molecule has 19 heavy (non-hydrogen) atoms. The predicted molar refractivity (Wildman–Crippen MR) is 73.3 cm³/mol. The number of hydrogen-bond acceptors (Lipinski definition) is 3. The number of hydrogen-bond donors (Lipinski definition) is 2. The topological polar surface area (TPSA) is 71.8 Å². The third kappa shape index (κ3) is 3.54. The minimum Gasteiger partial charge on any atom is -0.338 e. The molecular weight excluding hydrogens is 242 g/mol. The molecule has 0 aliphatic carbocycles. The fourth-order valence-electron chi connectivity index (χ4n) is 1.66. The first kappa shape index (κ1) is 13.1. The van der Waals surface area contributed by atoms with Crippen LogP contribution in [0.4, 0.5) is 10.5 Å². The van der Waals surface area contributed by atoms with E-state index in [4.69, 9.17) is 0 Å². The summed E-state index contributed by atoms with van der Waals surface area (Å²) in [4.78, 5) is 15.6. The van der Waals surface area contributed by atoms with E-state index in [-0.39, 0.29) is 6.03 Å². The van der Waals surface area contributed by atoms with Gasteiger partial charge in [-0.15, -0.1) is 0 Å². The first-order valence-corrected chi connectivity index (χ1v) is 6.30. The summed E-state index contributed by atoms with van der Waals surface area (Å²) in [5.41, 5.74) is 1.48. The number of benzene rings is 1. The van der Waals surface area contributed by atoms with Crippen LogP contribution >= 0.6 is 0 Å². The molecule has 2 aromatic rings. The minimum atomic E-state index is -0.207. The van der Waals surface area contributed by atoms with Crippen molar-refractivity contribution in [3.05, 3.63) is 36.9 Å². The van der Waals surface area contributed by atoms with Gasteiger partial charge in [-0.1, -0.05) is 25.5 Å². The van der Waals surface area contributed by atoms with Crippen molar-refractivity contribution >= 4 is 11.7 Å². The van der Waals surface area contributed by atoms with Crippen molar-refractivity contribution in [1.82, 2.24) is 20.1 Å². The molecule has 0 spiro atoms. The highest BCUT2D eigenvalue weighted by molar-refractivity contribution is 5.91. The second-order valence-corrected chi connectivity index (χ2v) is 4.09. The maximum Gasteiger partial charge on any atom is 0.319 e. The molecule has 2 N–H and O–H groups in total. The zero-order valence-electron chi connectivity index (χ0n) is 10.8. The van der Waals surface area contributed by atoms with Crippen LogP contribution in [0.25, 0.3) is 5.69 Å². The Balaban J connectivity index is 2.06. The van der Waals surface area contributed by atoms with E-state index in [1.807, 2.05) is 24.3 Å². The van der Waals surface area contributed by atoms with Gasteiger partial charge in [0.25, 0.3) is 0 Å². The Labute approximate surface area is 111 Å². The van der Waals surface area contributed by atoms with Gasteiger partial charge in [-0.2, -0.15) is 5.10 Å². The van der Waals surface area contributed by atoms with E-state index in [0.717, 1.165) is 18.5 Å². The number of rotatable bonds is 5. The highest BCUT2D eigenvalue weighted by Gasteiger charge is 2.07. The molecule has 0 bridgehead atoms. The Morgan fingerprint density at radius 2 is 2.21 bits per heavy atom. The molecule has 6 nitrogen and oxygen atoms in total. The molecule has 6 heteroatoms. The van der Waals surface area contributed by atoms with Gasteiger partial charge in [0.2, 0.25) is 0 Å². The second kappa shape index (κ2) is 6.53. The second-order valence-electron chi connectivity index (χ2n) is 4.09. The monoisotopic (exact) mass is 259 g/mol. The van der Waals surface area contributed by atoms with E-state index in [0.29, 0.717) is 12.2 Å². The van der Waals surface area contributed by atoms with E-state index >= 15 is 0 Å². The van der Waals surface area contributed by atoms with Crippen LogP contribution in [0, 0.1) is 0 Å². The maximum atomic E-state index is 11.7. The van der Waals surface area contributed by atoms with Crippen LogP contribution in [0.3, 0.4) is 0 Å². The normalized spacial score (nSPS) is 10.2. The Hall–Kier alpha value is -2.37. The van der Waals surface area contributed by atoms with Gasteiger partial charge in [0.15, 0.2) is 0 Å². The molecule has 0 saturated carbocycles. The van der Waals surface area contributed by atoms with Gasteiger partial charge in [0.05, 0.1) is 11.4 Å². The molecule has 0 saturated heterocycles. The lowest BCUT2D eigenvalue weighted by Crippen LogP contribution is -2.29. The van der Waals surface area contributed by atoms with E-state index in [1.165, 1.54) is 6.33 Å². The van der Waals surface area contributed by atoms with Gasteiger partial charge in [0, 0.05) is 6.54 Å². The molecule has 0 atom stereocenters. The summed E-state index contributed by atoms with van der Waals surface area (Å²) in [7, 11) is 0. The molecule has 2 amide bonds. The number of anilines is 1. The standard InChI is InChI=1S/C13H17N5O/c1-2-3-8-15-13(19)17-11-6-4-5-7-12(11)18-10-14-9-16-18/h4-7,9-10H,2-3,8H2,1H3,(H2,15,17,19). The lowest BCUT2D eigenvalue weighted by Gasteiger charge is -2.11. The van der Waals surface area contributed by atoms with Crippen molar-refractivity contribution in [3.63, 3.8) is 0 Å². The Morgan fingerprint density at radius 1 is 1.37 bits per heavy atom. The zero-order valence-corrected chi connectivity index (χ0v) is 10.8. The molecule has 0 radical (unpaired) electrons. The quantitative estimate of drug-likeness (QED) is 0.808. The van der Waals surface area contributed by atoms with E-state index < -0.39 is 0 Å². The lowest BCUT2D eigenvalue weighted by molar-refractivity contribution is 0.252. The molecule has 1 aromatic carbocycles. The first-order chi connectivity index (χ1) is 9.31. The number of urea groups is 1. The summed E-state index contributed by atoms with van der Waals surface area (Å²) in [6, 6.07) is 7.24. The highest BCUT2D eigenvalue weighted by Crippen LogP contribution is 2.18. The van der Waals surface area contributed by atoms with E-state index in [9.17, 15) is 4.79 Å². The van der Waals surface area contributed by atoms with Crippen molar-refractivity contribution in [2.45, 2.75) is 19.8 Å². The molecule has 1 heterocycles. The maximum absolute atomic E-state index is 11.7. The number of aromatic nitrogens is 3. The SMILES string of the molecule is CCCCNC(=O)Nc1ccccc1-n1cncn1. The molecule has 0 aliphatic heterocycles. The van der Waals surface area contributed by atoms with Gasteiger partial charge in [-0.3, -0.25) is 0 Å². The van der Waals surface area contributed by atoms with Crippen molar-refractivity contribution in [3.8, 4) is 5.69 Å². The third-order valence-electron chi connectivity index (χ3n) is 2.63. The highest BCUT2D eigenvalue weighted by atomic mass is 16.2. The minimum absolute atomic E-state index is 0.207. The molecule has 0 fully saturated rings. The predicted octanol–water partition coefficient (Wildman–Crippen LogP) is 2.19.